The predicted molar refractivity (Wildman–Crippen MR) is 99.9 cm³/mol. The van der Waals surface area contributed by atoms with E-state index in [0.717, 1.165) is 29.8 Å². The van der Waals surface area contributed by atoms with E-state index in [9.17, 15) is 18.0 Å². The van der Waals surface area contributed by atoms with Crippen molar-refractivity contribution in [1.82, 2.24) is 10.2 Å². The summed E-state index contributed by atoms with van der Waals surface area (Å²) in [6, 6.07) is 17.0. The molecular weight excluding hydrogens is 369 g/mol. The largest absolute Gasteiger partial charge is 0.416 e. The Labute approximate surface area is 159 Å². The lowest BCUT2D eigenvalue weighted by Crippen LogP contribution is -2.15. The molecule has 2 N–H and O–H groups in total. The summed E-state index contributed by atoms with van der Waals surface area (Å²) in [5.74, 6) is 0.160. The molecule has 5 nitrogen and oxygen atoms in total. The number of amides is 1. The molecule has 1 amide bonds. The van der Waals surface area contributed by atoms with Gasteiger partial charge in [-0.15, -0.1) is 10.2 Å². The minimum absolute atomic E-state index is 0.0167. The second-order valence-electron chi connectivity index (χ2n) is 6.11. The summed E-state index contributed by atoms with van der Waals surface area (Å²) in [6.45, 7) is 1.98. The number of nitrogens with zero attached hydrogens (tertiary/aromatic N) is 2. The molecule has 0 aliphatic carbocycles. The summed E-state index contributed by atoms with van der Waals surface area (Å²) < 4.78 is 37.7. The lowest BCUT2D eigenvalue weighted by molar-refractivity contribution is -0.137. The molecule has 0 fully saturated rings. The van der Waals surface area contributed by atoms with E-state index in [-0.39, 0.29) is 17.4 Å². The highest BCUT2D eigenvalue weighted by molar-refractivity contribution is 6.03. The monoisotopic (exact) mass is 386 g/mol. The fourth-order valence-corrected chi connectivity index (χ4v) is 2.52. The zero-order valence-electron chi connectivity index (χ0n) is 14.9. The van der Waals surface area contributed by atoms with Crippen LogP contribution in [0.4, 0.5) is 24.8 Å². The molecule has 2 aromatic carbocycles. The number of carbonyl (C=O) groups excluding carboxylic acids is 1. The SMILES string of the molecule is CC(Nc1ccc(NC(=O)c2ccc(C(F)(F)F)cc2)nn1)c1ccccc1. The van der Waals surface area contributed by atoms with Gasteiger partial charge in [-0.3, -0.25) is 4.79 Å². The van der Waals surface area contributed by atoms with Crippen LogP contribution in [0.15, 0.2) is 66.7 Å². The molecule has 28 heavy (non-hydrogen) atoms. The van der Waals surface area contributed by atoms with Crippen molar-refractivity contribution < 1.29 is 18.0 Å². The summed E-state index contributed by atoms with van der Waals surface area (Å²) in [5, 5.41) is 13.6. The summed E-state index contributed by atoms with van der Waals surface area (Å²) in [4.78, 5) is 12.1. The summed E-state index contributed by atoms with van der Waals surface area (Å²) in [7, 11) is 0. The standard InChI is InChI=1S/C20H17F3N4O/c1-13(14-5-3-2-4-6-14)24-17-11-12-18(27-26-17)25-19(28)15-7-9-16(10-8-15)20(21,22)23/h2-13H,1H3,(H,24,26)(H,25,27,28). The first-order valence-corrected chi connectivity index (χ1v) is 8.47. The van der Waals surface area contributed by atoms with Crippen LogP contribution in [0.2, 0.25) is 0 Å². The van der Waals surface area contributed by atoms with E-state index in [1.165, 1.54) is 0 Å². The number of hydrogen-bond donors (Lipinski definition) is 2. The van der Waals surface area contributed by atoms with Crippen LogP contribution in [0.5, 0.6) is 0 Å². The molecule has 3 aromatic rings. The molecule has 0 bridgehead atoms. The van der Waals surface area contributed by atoms with Gasteiger partial charge in [0.15, 0.2) is 5.82 Å². The molecule has 0 saturated carbocycles. The average molecular weight is 386 g/mol. The molecule has 3 rings (SSSR count). The van der Waals surface area contributed by atoms with Crippen LogP contribution in [-0.4, -0.2) is 16.1 Å². The van der Waals surface area contributed by atoms with E-state index in [0.29, 0.717) is 5.82 Å². The van der Waals surface area contributed by atoms with Gasteiger partial charge in [0.25, 0.3) is 5.91 Å². The van der Waals surface area contributed by atoms with Gasteiger partial charge >= 0.3 is 6.18 Å². The van der Waals surface area contributed by atoms with Crippen LogP contribution in [0.1, 0.15) is 34.5 Å². The third kappa shape index (κ3) is 4.85. The minimum atomic E-state index is -4.44. The highest BCUT2D eigenvalue weighted by atomic mass is 19.4. The summed E-state index contributed by atoms with van der Waals surface area (Å²) in [5.41, 5.74) is 0.366. The van der Waals surface area contributed by atoms with E-state index in [4.69, 9.17) is 0 Å². The Hall–Kier alpha value is -3.42. The summed E-state index contributed by atoms with van der Waals surface area (Å²) >= 11 is 0. The minimum Gasteiger partial charge on any atom is -0.362 e. The number of anilines is 2. The third-order valence-electron chi connectivity index (χ3n) is 4.04. The Balaban J connectivity index is 1.61. The van der Waals surface area contributed by atoms with E-state index < -0.39 is 17.6 Å². The number of nitrogens with one attached hydrogen (secondary N) is 2. The van der Waals surface area contributed by atoms with Crippen molar-refractivity contribution in [1.29, 1.82) is 0 Å². The topological polar surface area (TPSA) is 66.9 Å². The fourth-order valence-electron chi connectivity index (χ4n) is 2.52. The van der Waals surface area contributed by atoms with Crippen molar-refractivity contribution >= 4 is 17.5 Å². The van der Waals surface area contributed by atoms with E-state index in [1.807, 2.05) is 37.3 Å². The van der Waals surface area contributed by atoms with Crippen LogP contribution in [0.3, 0.4) is 0 Å². The fraction of sp³-hybridized carbons (Fsp3) is 0.150. The zero-order chi connectivity index (χ0) is 20.1. The van der Waals surface area contributed by atoms with E-state index in [2.05, 4.69) is 20.8 Å². The quantitative estimate of drug-likeness (QED) is 0.653. The zero-order valence-corrected chi connectivity index (χ0v) is 14.9. The number of carbonyl (C=O) groups is 1. The maximum atomic E-state index is 12.6. The van der Waals surface area contributed by atoms with Crippen molar-refractivity contribution in [2.45, 2.75) is 19.1 Å². The average Bonchev–Trinajstić information content (AvgIpc) is 2.69. The van der Waals surface area contributed by atoms with Crippen molar-refractivity contribution in [2.24, 2.45) is 0 Å². The van der Waals surface area contributed by atoms with Gasteiger partial charge < -0.3 is 10.6 Å². The molecule has 0 spiro atoms. The van der Waals surface area contributed by atoms with Gasteiger partial charge in [0, 0.05) is 11.6 Å². The van der Waals surface area contributed by atoms with E-state index in [1.54, 1.807) is 12.1 Å². The second-order valence-corrected chi connectivity index (χ2v) is 6.11. The molecule has 1 heterocycles. The van der Waals surface area contributed by atoms with Crippen LogP contribution in [-0.2, 0) is 6.18 Å². The van der Waals surface area contributed by atoms with Gasteiger partial charge in [-0.05, 0) is 48.9 Å². The Morgan fingerprint density at radius 2 is 1.50 bits per heavy atom. The third-order valence-corrected chi connectivity index (χ3v) is 4.04. The van der Waals surface area contributed by atoms with Gasteiger partial charge in [-0.1, -0.05) is 30.3 Å². The summed E-state index contributed by atoms with van der Waals surface area (Å²) in [6.07, 6.45) is -4.44. The van der Waals surface area contributed by atoms with Crippen LogP contribution < -0.4 is 10.6 Å². The molecule has 1 aromatic heterocycles. The van der Waals surface area contributed by atoms with Crippen LogP contribution >= 0.6 is 0 Å². The lowest BCUT2D eigenvalue weighted by Gasteiger charge is -2.14. The Morgan fingerprint density at radius 3 is 2.07 bits per heavy atom. The Morgan fingerprint density at radius 1 is 0.893 bits per heavy atom. The number of alkyl halides is 3. The molecule has 0 saturated heterocycles. The number of hydrogen-bond acceptors (Lipinski definition) is 4. The lowest BCUT2D eigenvalue weighted by atomic mass is 10.1. The molecule has 0 aliphatic rings. The van der Waals surface area contributed by atoms with E-state index >= 15 is 0 Å². The molecular formula is C20H17F3N4O. The molecule has 1 unspecified atom stereocenters. The normalized spacial score (nSPS) is 12.3. The number of halogens is 3. The highest BCUT2D eigenvalue weighted by Crippen LogP contribution is 2.29. The number of rotatable bonds is 5. The van der Waals surface area contributed by atoms with Gasteiger partial charge in [0.1, 0.15) is 5.82 Å². The van der Waals surface area contributed by atoms with Gasteiger partial charge in [-0.25, -0.2) is 0 Å². The predicted octanol–water partition coefficient (Wildman–Crippen LogP) is 4.92. The van der Waals surface area contributed by atoms with Crippen molar-refractivity contribution in [3.63, 3.8) is 0 Å². The first-order chi connectivity index (χ1) is 13.3. The molecule has 1 atom stereocenters. The van der Waals surface area contributed by atoms with Crippen molar-refractivity contribution in [3.05, 3.63) is 83.4 Å². The van der Waals surface area contributed by atoms with Crippen molar-refractivity contribution in [2.75, 3.05) is 10.6 Å². The molecule has 144 valence electrons. The Kier molecular flexibility index (Phi) is 5.58. The van der Waals surface area contributed by atoms with Gasteiger partial charge in [-0.2, -0.15) is 13.2 Å². The maximum Gasteiger partial charge on any atom is 0.416 e. The first kappa shape index (κ1) is 19.3. The van der Waals surface area contributed by atoms with Crippen LogP contribution in [0, 0.1) is 0 Å². The van der Waals surface area contributed by atoms with Gasteiger partial charge in [0.05, 0.1) is 5.56 Å². The van der Waals surface area contributed by atoms with Crippen LogP contribution in [0.25, 0.3) is 0 Å². The second kappa shape index (κ2) is 8.08. The van der Waals surface area contributed by atoms with Crippen molar-refractivity contribution in [3.8, 4) is 0 Å². The number of aromatic nitrogens is 2. The molecule has 8 heteroatoms. The first-order valence-electron chi connectivity index (χ1n) is 8.47. The smallest absolute Gasteiger partial charge is 0.362 e. The highest BCUT2D eigenvalue weighted by Gasteiger charge is 2.30. The number of benzene rings is 2. The maximum absolute atomic E-state index is 12.6. The Bertz CT molecular complexity index is 926. The molecule has 0 radical (unpaired) electrons. The van der Waals surface area contributed by atoms with Gasteiger partial charge in [0.2, 0.25) is 0 Å². The molecule has 0 aliphatic heterocycles.